The maximum absolute atomic E-state index is 9.91. The fourth-order valence-electron chi connectivity index (χ4n) is 0.348. The van der Waals surface area contributed by atoms with E-state index in [-0.39, 0.29) is 11.7 Å². The number of rotatable bonds is 1. The van der Waals surface area contributed by atoms with Gasteiger partial charge in [-0.15, -0.1) is 0 Å². The van der Waals surface area contributed by atoms with Crippen LogP contribution in [-0.2, 0) is 9.53 Å². The van der Waals surface area contributed by atoms with E-state index in [1.165, 1.54) is 6.92 Å². The number of carbonyl (C=O) groups excluding carboxylic acids is 1. The second-order valence-corrected chi connectivity index (χ2v) is 2.15. The minimum Gasteiger partial charge on any atom is -0.478 e. The van der Waals surface area contributed by atoms with Crippen molar-refractivity contribution in [3.8, 4) is 0 Å². The maximum atomic E-state index is 9.91. The Morgan fingerprint density at radius 2 is 2.25 bits per heavy atom. The predicted octanol–water partition coefficient (Wildman–Crippen LogP) is 0.373. The molecule has 1 aliphatic rings. The second kappa shape index (κ2) is 5.17. The van der Waals surface area contributed by atoms with Crippen molar-refractivity contribution in [3.05, 3.63) is 12.2 Å². The molecule has 0 unspecified atom stereocenters. The molecule has 0 bridgehead atoms. The summed E-state index contributed by atoms with van der Waals surface area (Å²) in [5.41, 5.74) is 0.176. The molecular weight excluding hydrogens is 162 g/mol. The van der Waals surface area contributed by atoms with Crippen molar-refractivity contribution >= 4 is 12.1 Å². The molecule has 0 aromatic carbocycles. The van der Waals surface area contributed by atoms with E-state index in [0.29, 0.717) is 13.2 Å². The van der Waals surface area contributed by atoms with Crippen molar-refractivity contribution in [2.75, 3.05) is 13.2 Å². The lowest BCUT2D eigenvalue weighted by atomic mass is 10.4. The van der Waals surface area contributed by atoms with E-state index < -0.39 is 5.97 Å². The molecule has 0 saturated carbocycles. The van der Waals surface area contributed by atoms with E-state index in [1.54, 1.807) is 0 Å². The van der Waals surface area contributed by atoms with Gasteiger partial charge in [-0.2, -0.15) is 0 Å². The fourth-order valence-corrected chi connectivity index (χ4v) is 0.348. The third kappa shape index (κ3) is 5.28. The number of nitrogens with one attached hydrogen (secondary N) is 1. The third-order valence-electron chi connectivity index (χ3n) is 0.970. The molecule has 68 valence electrons. The summed E-state index contributed by atoms with van der Waals surface area (Å²) < 4.78 is 4.40. The van der Waals surface area contributed by atoms with Gasteiger partial charge in [0.15, 0.2) is 0 Å². The molecule has 1 saturated heterocycles. The molecule has 0 aromatic heterocycles. The molecule has 5 heteroatoms. The molecule has 2 N–H and O–H groups in total. The van der Waals surface area contributed by atoms with Gasteiger partial charge in [0.25, 0.3) is 0 Å². The van der Waals surface area contributed by atoms with Crippen LogP contribution in [-0.4, -0.2) is 30.3 Å². The Hall–Kier alpha value is -1.52. The van der Waals surface area contributed by atoms with Gasteiger partial charge in [-0.25, -0.2) is 9.59 Å². The monoisotopic (exact) mass is 173 g/mol. The number of cyclic esters (lactones) is 1. The number of alkyl carbamates (subject to hydrolysis) is 1. The van der Waals surface area contributed by atoms with E-state index >= 15 is 0 Å². The van der Waals surface area contributed by atoms with Crippen molar-refractivity contribution < 1.29 is 19.4 Å². The molecule has 5 nitrogen and oxygen atoms in total. The zero-order valence-corrected chi connectivity index (χ0v) is 6.79. The van der Waals surface area contributed by atoms with Gasteiger partial charge in [-0.05, 0) is 6.92 Å². The normalized spacial score (nSPS) is 13.6. The van der Waals surface area contributed by atoms with Gasteiger partial charge in [-0.3, -0.25) is 0 Å². The SMILES string of the molecule is C=C(C)C(=O)O.O=C1NCCO1. The minimum atomic E-state index is -0.935. The number of aliphatic carboxylic acids is 1. The average Bonchev–Trinajstić information content (AvgIpc) is 2.40. The molecule has 1 amide bonds. The molecule has 1 rings (SSSR count). The Balaban J connectivity index is 0.000000202. The number of amides is 1. The third-order valence-corrected chi connectivity index (χ3v) is 0.970. The van der Waals surface area contributed by atoms with E-state index in [1.807, 2.05) is 0 Å². The first-order chi connectivity index (χ1) is 5.54. The second-order valence-electron chi connectivity index (χ2n) is 2.15. The smallest absolute Gasteiger partial charge is 0.407 e. The van der Waals surface area contributed by atoms with Crippen LogP contribution in [0.15, 0.2) is 12.2 Å². The van der Waals surface area contributed by atoms with E-state index in [0.717, 1.165) is 0 Å². The van der Waals surface area contributed by atoms with Crippen LogP contribution in [0.5, 0.6) is 0 Å². The standard InChI is InChI=1S/C4H6O2.C3H5NO2/c1-3(2)4(5)6;5-3-4-1-2-6-3/h1H2,2H3,(H,5,6);1-2H2,(H,4,5). The van der Waals surface area contributed by atoms with Crippen molar-refractivity contribution in [3.63, 3.8) is 0 Å². The van der Waals surface area contributed by atoms with Gasteiger partial charge in [0.05, 0.1) is 6.54 Å². The molecule has 0 aliphatic carbocycles. The number of hydrogen-bond acceptors (Lipinski definition) is 3. The first-order valence-electron chi connectivity index (χ1n) is 3.33. The first-order valence-corrected chi connectivity index (χ1v) is 3.33. The topological polar surface area (TPSA) is 75.6 Å². The molecule has 0 aromatic rings. The zero-order valence-electron chi connectivity index (χ0n) is 6.79. The van der Waals surface area contributed by atoms with Crippen LogP contribution in [0.1, 0.15) is 6.92 Å². The number of carbonyl (C=O) groups is 2. The van der Waals surface area contributed by atoms with Crippen molar-refractivity contribution in [1.29, 1.82) is 0 Å². The van der Waals surface area contributed by atoms with Crippen LogP contribution in [0.25, 0.3) is 0 Å². The highest BCUT2D eigenvalue weighted by atomic mass is 16.6. The summed E-state index contributed by atoms with van der Waals surface area (Å²) >= 11 is 0. The van der Waals surface area contributed by atoms with Crippen LogP contribution >= 0.6 is 0 Å². The Kier molecular flexibility index (Phi) is 4.52. The fraction of sp³-hybridized carbons (Fsp3) is 0.429. The van der Waals surface area contributed by atoms with Crippen molar-refractivity contribution in [2.45, 2.75) is 6.92 Å². The van der Waals surface area contributed by atoms with Gasteiger partial charge in [0.1, 0.15) is 6.61 Å². The summed E-state index contributed by atoms with van der Waals surface area (Å²) in [5.74, 6) is -0.935. The van der Waals surface area contributed by atoms with Gasteiger partial charge in [0, 0.05) is 5.57 Å². The maximum Gasteiger partial charge on any atom is 0.407 e. The van der Waals surface area contributed by atoms with Crippen molar-refractivity contribution in [1.82, 2.24) is 5.32 Å². The molecule has 0 atom stereocenters. The number of carboxylic acids is 1. The summed E-state index contributed by atoms with van der Waals surface area (Å²) in [5, 5.41) is 10.3. The summed E-state index contributed by atoms with van der Waals surface area (Å²) in [7, 11) is 0. The van der Waals surface area contributed by atoms with Crippen LogP contribution in [0, 0.1) is 0 Å². The highest BCUT2D eigenvalue weighted by Crippen LogP contribution is 1.82. The largest absolute Gasteiger partial charge is 0.478 e. The number of hydrogen-bond donors (Lipinski definition) is 2. The number of carboxylic acid groups (broad SMARTS) is 1. The Labute approximate surface area is 70.0 Å². The Bertz CT molecular complexity index is 180. The summed E-state index contributed by atoms with van der Waals surface area (Å²) in [6, 6.07) is 0. The van der Waals surface area contributed by atoms with Crippen LogP contribution < -0.4 is 5.32 Å². The lowest BCUT2D eigenvalue weighted by Gasteiger charge is -1.80. The Morgan fingerprint density at radius 3 is 2.33 bits per heavy atom. The lowest BCUT2D eigenvalue weighted by Crippen LogP contribution is -2.11. The van der Waals surface area contributed by atoms with E-state index in [9.17, 15) is 9.59 Å². The Morgan fingerprint density at radius 1 is 1.75 bits per heavy atom. The van der Waals surface area contributed by atoms with E-state index in [2.05, 4.69) is 16.6 Å². The molecular formula is C7H11NO4. The molecule has 0 spiro atoms. The van der Waals surface area contributed by atoms with Crippen LogP contribution in [0.3, 0.4) is 0 Å². The van der Waals surface area contributed by atoms with Crippen LogP contribution in [0.4, 0.5) is 4.79 Å². The quantitative estimate of drug-likeness (QED) is 0.562. The van der Waals surface area contributed by atoms with Gasteiger partial charge in [-0.1, -0.05) is 6.58 Å². The minimum absolute atomic E-state index is 0.176. The zero-order chi connectivity index (χ0) is 9.56. The molecule has 1 aliphatic heterocycles. The highest BCUT2D eigenvalue weighted by molar-refractivity contribution is 5.84. The predicted molar refractivity (Wildman–Crippen MR) is 41.8 cm³/mol. The summed E-state index contributed by atoms with van der Waals surface area (Å²) in [4.78, 5) is 19.5. The first kappa shape index (κ1) is 10.5. The molecule has 12 heavy (non-hydrogen) atoms. The van der Waals surface area contributed by atoms with Crippen LogP contribution in [0.2, 0.25) is 0 Å². The molecule has 0 radical (unpaired) electrons. The highest BCUT2D eigenvalue weighted by Gasteiger charge is 2.06. The number of ether oxygens (including phenoxy) is 1. The molecule has 1 fully saturated rings. The molecule has 1 heterocycles. The average molecular weight is 173 g/mol. The van der Waals surface area contributed by atoms with Gasteiger partial charge < -0.3 is 15.2 Å². The summed E-state index contributed by atoms with van der Waals surface area (Å²) in [6.07, 6.45) is -0.296. The summed E-state index contributed by atoms with van der Waals surface area (Å²) in [6.45, 7) is 5.79. The van der Waals surface area contributed by atoms with Gasteiger partial charge in [0.2, 0.25) is 0 Å². The van der Waals surface area contributed by atoms with E-state index in [4.69, 9.17) is 5.11 Å². The van der Waals surface area contributed by atoms with Gasteiger partial charge >= 0.3 is 12.1 Å². The lowest BCUT2D eigenvalue weighted by molar-refractivity contribution is -0.132. The van der Waals surface area contributed by atoms with Crippen molar-refractivity contribution in [2.24, 2.45) is 0 Å².